The molecule has 1 aromatic carbocycles. The van der Waals surface area contributed by atoms with Crippen molar-refractivity contribution in [1.29, 1.82) is 0 Å². The molecule has 0 aliphatic rings. The summed E-state index contributed by atoms with van der Waals surface area (Å²) in [7, 11) is 0. The summed E-state index contributed by atoms with van der Waals surface area (Å²) in [4.78, 5) is 17.7. The second-order valence-electron chi connectivity index (χ2n) is 5.58. The SMILES string of the molecule is CC(C)(Oc1ncnc(NCc2ccccc2)c1[N+](=O)[O-])C(F)(F)F. The molecule has 1 aromatic heterocycles. The molecule has 0 unspecified atom stereocenters. The van der Waals surface area contributed by atoms with Crippen LogP contribution in [-0.2, 0) is 6.54 Å². The summed E-state index contributed by atoms with van der Waals surface area (Å²) in [6, 6.07) is 8.94. The van der Waals surface area contributed by atoms with Crippen molar-refractivity contribution in [1.82, 2.24) is 9.97 Å². The van der Waals surface area contributed by atoms with Crippen LogP contribution < -0.4 is 10.1 Å². The maximum Gasteiger partial charge on any atom is 0.427 e. The van der Waals surface area contributed by atoms with E-state index in [4.69, 9.17) is 4.74 Å². The molecule has 134 valence electrons. The van der Waals surface area contributed by atoms with Crippen LogP contribution in [0.2, 0.25) is 0 Å². The van der Waals surface area contributed by atoms with E-state index in [0.717, 1.165) is 25.7 Å². The largest absolute Gasteiger partial charge is 0.457 e. The monoisotopic (exact) mass is 356 g/mol. The lowest BCUT2D eigenvalue weighted by Crippen LogP contribution is -2.44. The Morgan fingerprint density at radius 2 is 1.84 bits per heavy atom. The van der Waals surface area contributed by atoms with E-state index in [1.807, 2.05) is 6.07 Å². The number of halogens is 3. The van der Waals surface area contributed by atoms with E-state index in [2.05, 4.69) is 15.3 Å². The highest BCUT2D eigenvalue weighted by Gasteiger charge is 2.51. The Morgan fingerprint density at radius 3 is 2.40 bits per heavy atom. The lowest BCUT2D eigenvalue weighted by molar-refractivity contribution is -0.386. The van der Waals surface area contributed by atoms with Gasteiger partial charge in [0.25, 0.3) is 0 Å². The number of nitro groups is 1. The van der Waals surface area contributed by atoms with Crippen molar-refractivity contribution >= 4 is 11.5 Å². The average molecular weight is 356 g/mol. The summed E-state index contributed by atoms with van der Waals surface area (Å²) in [5.74, 6) is -0.977. The molecule has 0 saturated carbocycles. The minimum Gasteiger partial charge on any atom is -0.457 e. The standard InChI is InChI=1S/C15H15F3N4O3/c1-14(2,15(16,17)18)25-13-11(22(23)24)12(20-9-21-13)19-8-10-6-4-3-5-7-10/h3-7,9H,8H2,1-2H3,(H,19,20,21). The molecule has 0 spiro atoms. The van der Waals surface area contributed by atoms with Gasteiger partial charge in [-0.1, -0.05) is 30.3 Å². The first-order chi connectivity index (χ1) is 11.6. The Morgan fingerprint density at radius 1 is 1.20 bits per heavy atom. The Labute approximate surface area is 141 Å². The first kappa shape index (κ1) is 18.4. The molecule has 0 atom stereocenters. The van der Waals surface area contributed by atoms with Gasteiger partial charge in [0.15, 0.2) is 0 Å². The van der Waals surface area contributed by atoms with Gasteiger partial charge in [0.2, 0.25) is 11.4 Å². The summed E-state index contributed by atoms with van der Waals surface area (Å²) in [6.45, 7) is 1.71. The van der Waals surface area contributed by atoms with Crippen LogP contribution in [-0.4, -0.2) is 26.7 Å². The number of hydrogen-bond donors (Lipinski definition) is 1. The number of benzene rings is 1. The fourth-order valence-electron chi connectivity index (χ4n) is 1.81. The minimum absolute atomic E-state index is 0.195. The van der Waals surface area contributed by atoms with Gasteiger partial charge in [0.1, 0.15) is 6.33 Å². The van der Waals surface area contributed by atoms with Gasteiger partial charge in [0, 0.05) is 6.54 Å². The number of nitrogens with zero attached hydrogens (tertiary/aromatic N) is 3. The molecule has 1 heterocycles. The van der Waals surface area contributed by atoms with Crippen LogP contribution in [0, 0.1) is 10.1 Å². The van der Waals surface area contributed by atoms with Crippen molar-refractivity contribution in [3.05, 3.63) is 52.3 Å². The maximum absolute atomic E-state index is 13.0. The molecule has 10 heteroatoms. The zero-order valence-electron chi connectivity index (χ0n) is 13.4. The molecule has 0 aliphatic carbocycles. The zero-order valence-corrected chi connectivity index (χ0v) is 13.4. The number of hydrogen-bond acceptors (Lipinski definition) is 6. The minimum atomic E-state index is -4.73. The van der Waals surface area contributed by atoms with Crippen molar-refractivity contribution in [3.63, 3.8) is 0 Å². The molecular weight excluding hydrogens is 341 g/mol. The Kier molecular flexibility index (Phi) is 5.10. The van der Waals surface area contributed by atoms with Gasteiger partial charge < -0.3 is 10.1 Å². The fraction of sp³-hybridized carbons (Fsp3) is 0.333. The highest BCUT2D eigenvalue weighted by Crippen LogP contribution is 2.38. The van der Waals surface area contributed by atoms with E-state index in [-0.39, 0.29) is 12.4 Å². The predicted octanol–water partition coefficient (Wildman–Crippen LogP) is 3.72. The first-order valence-electron chi connectivity index (χ1n) is 7.15. The van der Waals surface area contributed by atoms with Crippen molar-refractivity contribution in [2.75, 3.05) is 5.32 Å². The number of alkyl halides is 3. The Hall–Kier alpha value is -2.91. The predicted molar refractivity (Wildman–Crippen MR) is 83.2 cm³/mol. The van der Waals surface area contributed by atoms with Gasteiger partial charge in [0.05, 0.1) is 4.92 Å². The summed E-state index contributed by atoms with van der Waals surface area (Å²) < 4.78 is 43.7. The second kappa shape index (κ2) is 6.91. The number of nitrogens with one attached hydrogen (secondary N) is 1. The lowest BCUT2D eigenvalue weighted by Gasteiger charge is -2.27. The summed E-state index contributed by atoms with van der Waals surface area (Å²) in [5.41, 5.74) is -2.59. The molecule has 0 saturated heterocycles. The molecule has 7 nitrogen and oxygen atoms in total. The number of ether oxygens (including phenoxy) is 1. The molecule has 0 aliphatic heterocycles. The topological polar surface area (TPSA) is 90.2 Å². The molecule has 25 heavy (non-hydrogen) atoms. The van der Waals surface area contributed by atoms with Gasteiger partial charge in [-0.05, 0) is 19.4 Å². The Bertz CT molecular complexity index is 751. The van der Waals surface area contributed by atoms with Gasteiger partial charge in [-0.3, -0.25) is 10.1 Å². The van der Waals surface area contributed by atoms with Crippen molar-refractivity contribution in [2.24, 2.45) is 0 Å². The molecule has 2 rings (SSSR count). The van der Waals surface area contributed by atoms with Crippen LogP contribution in [0.15, 0.2) is 36.7 Å². The Balaban J connectivity index is 2.31. The number of aromatic nitrogens is 2. The highest BCUT2D eigenvalue weighted by atomic mass is 19.4. The third kappa shape index (κ3) is 4.34. The molecule has 2 aromatic rings. The summed E-state index contributed by atoms with van der Waals surface area (Å²) >= 11 is 0. The smallest absolute Gasteiger partial charge is 0.427 e. The van der Waals surface area contributed by atoms with Crippen molar-refractivity contribution in [2.45, 2.75) is 32.2 Å². The van der Waals surface area contributed by atoms with Gasteiger partial charge >= 0.3 is 17.7 Å². The molecular formula is C15H15F3N4O3. The fourth-order valence-corrected chi connectivity index (χ4v) is 1.81. The van der Waals surface area contributed by atoms with Crippen LogP contribution in [0.5, 0.6) is 5.88 Å². The first-order valence-corrected chi connectivity index (χ1v) is 7.15. The van der Waals surface area contributed by atoms with Gasteiger partial charge in [-0.25, -0.2) is 4.98 Å². The average Bonchev–Trinajstić information content (AvgIpc) is 2.52. The van der Waals surface area contributed by atoms with E-state index in [1.54, 1.807) is 24.3 Å². The molecule has 1 N–H and O–H groups in total. The van der Waals surface area contributed by atoms with Crippen molar-refractivity contribution in [3.8, 4) is 5.88 Å². The molecule has 0 bridgehead atoms. The van der Waals surface area contributed by atoms with Crippen LogP contribution in [0.25, 0.3) is 0 Å². The van der Waals surface area contributed by atoms with Crippen LogP contribution in [0.4, 0.5) is 24.7 Å². The molecule has 0 amide bonds. The number of anilines is 1. The third-order valence-corrected chi connectivity index (χ3v) is 3.31. The van der Waals surface area contributed by atoms with E-state index < -0.39 is 28.3 Å². The number of rotatable bonds is 6. The second-order valence-corrected chi connectivity index (χ2v) is 5.58. The van der Waals surface area contributed by atoms with E-state index in [1.165, 1.54) is 0 Å². The molecule has 0 fully saturated rings. The quantitative estimate of drug-likeness (QED) is 0.627. The van der Waals surface area contributed by atoms with E-state index in [0.29, 0.717) is 0 Å². The van der Waals surface area contributed by atoms with Crippen LogP contribution in [0.1, 0.15) is 19.4 Å². The van der Waals surface area contributed by atoms with Crippen LogP contribution in [0.3, 0.4) is 0 Å². The summed E-state index contributed by atoms with van der Waals surface area (Å²) in [6.07, 6.45) is -3.83. The molecule has 0 radical (unpaired) electrons. The third-order valence-electron chi connectivity index (χ3n) is 3.31. The van der Waals surface area contributed by atoms with Gasteiger partial charge in [-0.15, -0.1) is 0 Å². The van der Waals surface area contributed by atoms with Crippen molar-refractivity contribution < 1.29 is 22.8 Å². The normalized spacial score (nSPS) is 11.9. The van der Waals surface area contributed by atoms with Gasteiger partial charge in [-0.2, -0.15) is 18.2 Å². The summed E-state index contributed by atoms with van der Waals surface area (Å²) in [5, 5.41) is 14.0. The maximum atomic E-state index is 13.0. The van der Waals surface area contributed by atoms with E-state index >= 15 is 0 Å². The zero-order chi connectivity index (χ0) is 18.7. The highest BCUT2D eigenvalue weighted by molar-refractivity contribution is 5.61. The van der Waals surface area contributed by atoms with E-state index in [9.17, 15) is 23.3 Å². The van der Waals surface area contributed by atoms with Crippen LogP contribution >= 0.6 is 0 Å². The lowest BCUT2D eigenvalue weighted by atomic mass is 10.1.